The van der Waals surface area contributed by atoms with Gasteiger partial charge in [-0.25, -0.2) is 9.97 Å². The van der Waals surface area contributed by atoms with Crippen molar-refractivity contribution < 1.29 is 0 Å². The van der Waals surface area contributed by atoms with Gasteiger partial charge in [0.15, 0.2) is 0 Å². The summed E-state index contributed by atoms with van der Waals surface area (Å²) >= 11 is 0. The lowest BCUT2D eigenvalue weighted by Gasteiger charge is -2.17. The summed E-state index contributed by atoms with van der Waals surface area (Å²) in [5, 5.41) is 1.02. The zero-order valence-corrected chi connectivity index (χ0v) is 13.1. The molecular formula is C16H26N4. The first-order chi connectivity index (χ1) is 9.57. The van der Waals surface area contributed by atoms with Gasteiger partial charge >= 0.3 is 0 Å². The topological polar surface area (TPSA) is 56.7 Å². The number of anilines is 1. The van der Waals surface area contributed by atoms with Crippen molar-refractivity contribution in [2.45, 2.75) is 65.8 Å². The van der Waals surface area contributed by atoms with Gasteiger partial charge in [0.2, 0.25) is 0 Å². The van der Waals surface area contributed by atoms with Crippen LogP contribution in [-0.4, -0.2) is 14.5 Å². The van der Waals surface area contributed by atoms with Crippen molar-refractivity contribution in [2.75, 3.05) is 5.73 Å². The molecular weight excluding hydrogens is 248 g/mol. The first kappa shape index (κ1) is 14.8. The fourth-order valence-corrected chi connectivity index (χ4v) is 2.99. The molecule has 2 N–H and O–H groups in total. The zero-order chi connectivity index (χ0) is 14.7. The van der Waals surface area contributed by atoms with Gasteiger partial charge in [-0.1, -0.05) is 32.6 Å². The molecule has 0 spiro atoms. The van der Waals surface area contributed by atoms with Crippen LogP contribution in [0.4, 0.5) is 5.82 Å². The third kappa shape index (κ3) is 2.65. The SMILES string of the molecule is CCCCCCC(C)n1c(C)c(C)c2c(N)ncnc21. The number of rotatable bonds is 6. The number of nitrogens with zero attached hydrogens (tertiary/aromatic N) is 3. The van der Waals surface area contributed by atoms with Gasteiger partial charge in [0.1, 0.15) is 17.8 Å². The first-order valence-electron chi connectivity index (χ1n) is 7.65. The van der Waals surface area contributed by atoms with E-state index in [1.165, 1.54) is 43.4 Å². The summed E-state index contributed by atoms with van der Waals surface area (Å²) in [6.45, 7) is 8.78. The van der Waals surface area contributed by atoms with Crippen LogP contribution in [0, 0.1) is 13.8 Å². The molecule has 2 rings (SSSR count). The molecule has 0 aromatic carbocycles. The van der Waals surface area contributed by atoms with Crippen molar-refractivity contribution in [3.05, 3.63) is 17.6 Å². The Labute approximate surface area is 121 Å². The average molecular weight is 274 g/mol. The lowest BCUT2D eigenvalue weighted by molar-refractivity contribution is 0.474. The van der Waals surface area contributed by atoms with Crippen LogP contribution in [0.25, 0.3) is 11.0 Å². The molecule has 0 saturated carbocycles. The molecule has 0 radical (unpaired) electrons. The van der Waals surface area contributed by atoms with Gasteiger partial charge < -0.3 is 10.3 Å². The van der Waals surface area contributed by atoms with Crippen LogP contribution < -0.4 is 5.73 Å². The van der Waals surface area contributed by atoms with E-state index in [-0.39, 0.29) is 0 Å². The molecule has 0 fully saturated rings. The number of fused-ring (bicyclic) bond motifs is 1. The second kappa shape index (κ2) is 6.25. The van der Waals surface area contributed by atoms with Gasteiger partial charge in [0, 0.05) is 11.7 Å². The number of aromatic nitrogens is 3. The summed E-state index contributed by atoms with van der Waals surface area (Å²) in [5.74, 6) is 0.590. The molecule has 0 aliphatic rings. The van der Waals surface area contributed by atoms with Crippen molar-refractivity contribution in [3.8, 4) is 0 Å². The molecule has 0 bridgehead atoms. The summed E-state index contributed by atoms with van der Waals surface area (Å²) in [5.41, 5.74) is 9.46. The largest absolute Gasteiger partial charge is 0.383 e. The van der Waals surface area contributed by atoms with E-state index < -0.39 is 0 Å². The third-order valence-corrected chi connectivity index (χ3v) is 4.28. The summed E-state index contributed by atoms with van der Waals surface area (Å²) in [7, 11) is 0. The standard InChI is InChI=1S/C16H26N4/c1-5-6-7-8-9-11(2)20-13(4)12(3)14-15(17)18-10-19-16(14)20/h10-11H,5-9H2,1-4H3,(H2,17,18,19). The van der Waals surface area contributed by atoms with Crippen LogP contribution in [0.5, 0.6) is 0 Å². The minimum atomic E-state index is 0.456. The van der Waals surface area contributed by atoms with Gasteiger partial charge in [0.05, 0.1) is 5.39 Å². The van der Waals surface area contributed by atoms with Crippen LogP contribution >= 0.6 is 0 Å². The predicted octanol–water partition coefficient (Wildman–Crippen LogP) is 4.16. The summed E-state index contributed by atoms with van der Waals surface area (Å²) in [6.07, 6.45) is 7.95. The quantitative estimate of drug-likeness (QED) is 0.805. The maximum atomic E-state index is 6.01. The average Bonchev–Trinajstić information content (AvgIpc) is 2.68. The molecule has 20 heavy (non-hydrogen) atoms. The number of hydrogen-bond donors (Lipinski definition) is 1. The zero-order valence-electron chi connectivity index (χ0n) is 13.1. The number of aryl methyl sites for hydroxylation is 1. The fraction of sp³-hybridized carbons (Fsp3) is 0.625. The summed E-state index contributed by atoms with van der Waals surface area (Å²) in [4.78, 5) is 8.58. The third-order valence-electron chi connectivity index (χ3n) is 4.28. The smallest absolute Gasteiger partial charge is 0.146 e. The van der Waals surface area contributed by atoms with Gasteiger partial charge in [-0.15, -0.1) is 0 Å². The molecule has 4 heteroatoms. The number of hydrogen-bond acceptors (Lipinski definition) is 3. The maximum Gasteiger partial charge on any atom is 0.146 e. The minimum Gasteiger partial charge on any atom is -0.383 e. The van der Waals surface area contributed by atoms with Crippen LogP contribution in [-0.2, 0) is 0 Å². The Morgan fingerprint density at radius 2 is 1.95 bits per heavy atom. The molecule has 0 saturated heterocycles. The maximum absolute atomic E-state index is 6.01. The van der Waals surface area contributed by atoms with Gasteiger partial charge in [-0.05, 0) is 32.8 Å². The van der Waals surface area contributed by atoms with E-state index in [1.54, 1.807) is 6.33 Å². The van der Waals surface area contributed by atoms with Gasteiger partial charge in [0.25, 0.3) is 0 Å². The van der Waals surface area contributed by atoms with E-state index in [1.807, 2.05) is 0 Å². The van der Waals surface area contributed by atoms with Crippen molar-refractivity contribution in [1.29, 1.82) is 0 Å². The summed E-state index contributed by atoms with van der Waals surface area (Å²) in [6, 6.07) is 0.456. The van der Waals surface area contributed by atoms with E-state index in [0.29, 0.717) is 11.9 Å². The molecule has 0 amide bonds. The Morgan fingerprint density at radius 1 is 1.20 bits per heavy atom. The van der Waals surface area contributed by atoms with Gasteiger partial charge in [-0.2, -0.15) is 0 Å². The lowest BCUT2D eigenvalue weighted by Crippen LogP contribution is -2.08. The Hall–Kier alpha value is -1.58. The number of nitrogens with two attached hydrogens (primary N) is 1. The molecule has 0 aliphatic carbocycles. The number of unbranched alkanes of at least 4 members (excludes halogenated alkanes) is 3. The molecule has 2 heterocycles. The highest BCUT2D eigenvalue weighted by Crippen LogP contribution is 2.31. The van der Waals surface area contributed by atoms with Crippen molar-refractivity contribution in [2.24, 2.45) is 0 Å². The highest BCUT2D eigenvalue weighted by atomic mass is 15.1. The molecule has 1 atom stereocenters. The van der Waals surface area contributed by atoms with Crippen LogP contribution in [0.1, 0.15) is 63.3 Å². The van der Waals surface area contributed by atoms with E-state index in [0.717, 1.165) is 11.0 Å². The fourth-order valence-electron chi connectivity index (χ4n) is 2.99. The molecule has 2 aromatic heterocycles. The highest BCUT2D eigenvalue weighted by molar-refractivity contribution is 5.90. The molecule has 2 aromatic rings. The molecule has 1 unspecified atom stereocenters. The first-order valence-corrected chi connectivity index (χ1v) is 7.65. The summed E-state index contributed by atoms with van der Waals surface area (Å²) < 4.78 is 2.33. The Kier molecular flexibility index (Phi) is 4.63. The van der Waals surface area contributed by atoms with E-state index in [4.69, 9.17) is 5.73 Å². The second-order valence-corrected chi connectivity index (χ2v) is 5.74. The van der Waals surface area contributed by atoms with E-state index in [9.17, 15) is 0 Å². The number of nitrogen functional groups attached to an aromatic ring is 1. The normalized spacial score (nSPS) is 13.0. The molecule has 4 nitrogen and oxygen atoms in total. The van der Waals surface area contributed by atoms with Gasteiger partial charge in [-0.3, -0.25) is 0 Å². The van der Waals surface area contributed by atoms with E-state index in [2.05, 4.69) is 42.2 Å². The van der Waals surface area contributed by atoms with E-state index >= 15 is 0 Å². The molecule has 0 aliphatic heterocycles. The van der Waals surface area contributed by atoms with Crippen molar-refractivity contribution in [3.63, 3.8) is 0 Å². The van der Waals surface area contributed by atoms with Crippen molar-refractivity contribution >= 4 is 16.9 Å². The second-order valence-electron chi connectivity index (χ2n) is 5.74. The Balaban J connectivity index is 2.29. The lowest BCUT2D eigenvalue weighted by atomic mass is 10.1. The molecule has 110 valence electrons. The Morgan fingerprint density at radius 3 is 2.65 bits per heavy atom. The van der Waals surface area contributed by atoms with Crippen LogP contribution in [0.15, 0.2) is 6.33 Å². The predicted molar refractivity (Wildman–Crippen MR) is 84.9 cm³/mol. The highest BCUT2D eigenvalue weighted by Gasteiger charge is 2.18. The van der Waals surface area contributed by atoms with Crippen LogP contribution in [0.3, 0.4) is 0 Å². The minimum absolute atomic E-state index is 0.456. The monoisotopic (exact) mass is 274 g/mol. The Bertz CT molecular complexity index is 586. The van der Waals surface area contributed by atoms with Crippen LogP contribution in [0.2, 0.25) is 0 Å². The van der Waals surface area contributed by atoms with Crippen molar-refractivity contribution in [1.82, 2.24) is 14.5 Å².